The van der Waals surface area contributed by atoms with E-state index in [1.54, 1.807) is 17.0 Å². The maximum atomic E-state index is 12.3. The SMILES string of the molecule is Cc1cccc(CN2CCN(CN3C(=O)C(=O)c4ccccc43)CC2)c1. The average molecular weight is 349 g/mol. The van der Waals surface area contributed by atoms with E-state index < -0.39 is 11.7 Å². The molecule has 26 heavy (non-hydrogen) atoms. The zero-order chi connectivity index (χ0) is 18.1. The van der Waals surface area contributed by atoms with E-state index in [0.29, 0.717) is 12.2 Å². The predicted molar refractivity (Wildman–Crippen MR) is 101 cm³/mol. The number of aryl methyl sites for hydroxylation is 1. The maximum Gasteiger partial charge on any atom is 0.300 e. The number of nitrogens with zero attached hydrogens (tertiary/aromatic N) is 3. The Morgan fingerprint density at radius 1 is 0.885 bits per heavy atom. The molecule has 0 spiro atoms. The van der Waals surface area contributed by atoms with Crippen LogP contribution in [0.3, 0.4) is 0 Å². The first kappa shape index (κ1) is 16.9. The van der Waals surface area contributed by atoms with E-state index >= 15 is 0 Å². The second-order valence-electron chi connectivity index (χ2n) is 7.10. The number of Topliss-reactive ketones (excluding diaryl/α,β-unsaturated/α-hetero) is 1. The molecule has 5 heteroatoms. The molecule has 2 heterocycles. The van der Waals surface area contributed by atoms with E-state index in [1.165, 1.54) is 11.1 Å². The third-order valence-electron chi connectivity index (χ3n) is 5.17. The van der Waals surface area contributed by atoms with Crippen molar-refractivity contribution in [1.82, 2.24) is 9.80 Å². The van der Waals surface area contributed by atoms with E-state index in [9.17, 15) is 9.59 Å². The number of rotatable bonds is 4. The van der Waals surface area contributed by atoms with Crippen molar-refractivity contribution in [2.24, 2.45) is 0 Å². The molecule has 0 unspecified atom stereocenters. The maximum absolute atomic E-state index is 12.3. The number of ketones is 1. The summed E-state index contributed by atoms with van der Waals surface area (Å²) in [5.41, 5.74) is 3.89. The number of hydrogen-bond acceptors (Lipinski definition) is 4. The zero-order valence-corrected chi connectivity index (χ0v) is 15.0. The largest absolute Gasteiger partial charge is 0.300 e. The highest BCUT2D eigenvalue weighted by molar-refractivity contribution is 6.52. The Hall–Kier alpha value is -2.50. The van der Waals surface area contributed by atoms with Crippen LogP contribution in [0, 0.1) is 6.92 Å². The van der Waals surface area contributed by atoms with E-state index in [0.717, 1.165) is 38.4 Å². The summed E-state index contributed by atoms with van der Waals surface area (Å²) >= 11 is 0. The Morgan fingerprint density at radius 3 is 2.38 bits per heavy atom. The van der Waals surface area contributed by atoms with Crippen LogP contribution in [0.5, 0.6) is 0 Å². The van der Waals surface area contributed by atoms with Gasteiger partial charge >= 0.3 is 5.91 Å². The fourth-order valence-electron chi connectivity index (χ4n) is 3.75. The van der Waals surface area contributed by atoms with Crippen molar-refractivity contribution in [3.05, 3.63) is 65.2 Å². The minimum atomic E-state index is -0.409. The summed E-state index contributed by atoms with van der Waals surface area (Å²) in [6.07, 6.45) is 0. The summed E-state index contributed by atoms with van der Waals surface area (Å²) in [4.78, 5) is 30.7. The molecular weight excluding hydrogens is 326 g/mol. The van der Waals surface area contributed by atoms with E-state index in [1.807, 2.05) is 12.1 Å². The molecule has 0 atom stereocenters. The van der Waals surface area contributed by atoms with Gasteiger partial charge in [-0.05, 0) is 24.6 Å². The molecule has 2 aliphatic rings. The number of para-hydroxylation sites is 1. The molecule has 0 saturated carbocycles. The van der Waals surface area contributed by atoms with Gasteiger partial charge in [-0.3, -0.25) is 24.3 Å². The highest BCUT2D eigenvalue weighted by atomic mass is 16.2. The highest BCUT2D eigenvalue weighted by Gasteiger charge is 2.36. The zero-order valence-electron chi connectivity index (χ0n) is 15.0. The molecule has 1 amide bonds. The van der Waals surface area contributed by atoms with Gasteiger partial charge in [0.15, 0.2) is 0 Å². The molecular formula is C21H23N3O2. The van der Waals surface area contributed by atoms with Crippen LogP contribution in [-0.4, -0.2) is 54.3 Å². The summed E-state index contributed by atoms with van der Waals surface area (Å²) in [5.74, 6) is -0.799. The molecule has 2 aromatic rings. The Morgan fingerprint density at radius 2 is 1.62 bits per heavy atom. The molecule has 1 fully saturated rings. The van der Waals surface area contributed by atoms with Crippen LogP contribution < -0.4 is 4.90 Å². The molecule has 0 bridgehead atoms. The fourth-order valence-corrected chi connectivity index (χ4v) is 3.75. The monoisotopic (exact) mass is 349 g/mol. The molecule has 5 nitrogen and oxygen atoms in total. The minimum Gasteiger partial charge on any atom is -0.297 e. The normalized spacial score (nSPS) is 18.4. The minimum absolute atomic E-state index is 0.390. The van der Waals surface area contributed by atoms with Gasteiger partial charge in [0.05, 0.1) is 17.9 Å². The van der Waals surface area contributed by atoms with Gasteiger partial charge in [0.25, 0.3) is 5.78 Å². The summed E-state index contributed by atoms with van der Waals surface area (Å²) < 4.78 is 0. The Labute approximate surface area is 153 Å². The topological polar surface area (TPSA) is 43.9 Å². The third kappa shape index (κ3) is 3.28. The third-order valence-corrected chi connectivity index (χ3v) is 5.17. The summed E-state index contributed by atoms with van der Waals surface area (Å²) in [5, 5.41) is 0. The number of hydrogen-bond donors (Lipinski definition) is 0. The van der Waals surface area contributed by atoms with Crippen LogP contribution in [-0.2, 0) is 11.3 Å². The molecule has 2 aliphatic heterocycles. The van der Waals surface area contributed by atoms with Crippen molar-refractivity contribution in [3.63, 3.8) is 0 Å². The predicted octanol–water partition coefficient (Wildman–Crippen LogP) is 2.30. The number of piperazine rings is 1. The van der Waals surface area contributed by atoms with Crippen LogP contribution in [0.2, 0.25) is 0 Å². The van der Waals surface area contributed by atoms with Gasteiger partial charge in [0.1, 0.15) is 0 Å². The lowest BCUT2D eigenvalue weighted by Gasteiger charge is -2.36. The number of amides is 1. The molecule has 0 N–H and O–H groups in total. The second kappa shape index (κ2) is 7.02. The van der Waals surface area contributed by atoms with Gasteiger partial charge in [0.2, 0.25) is 0 Å². The fraction of sp³-hybridized carbons (Fsp3) is 0.333. The van der Waals surface area contributed by atoms with Crippen LogP contribution in [0.1, 0.15) is 21.5 Å². The molecule has 0 radical (unpaired) electrons. The van der Waals surface area contributed by atoms with Crippen molar-refractivity contribution in [3.8, 4) is 0 Å². The molecule has 1 saturated heterocycles. The van der Waals surface area contributed by atoms with Gasteiger partial charge in [-0.2, -0.15) is 0 Å². The molecule has 4 rings (SSSR count). The first-order valence-electron chi connectivity index (χ1n) is 9.07. The lowest BCUT2D eigenvalue weighted by atomic mass is 10.1. The quantitative estimate of drug-likeness (QED) is 0.795. The second-order valence-corrected chi connectivity index (χ2v) is 7.10. The molecule has 0 aliphatic carbocycles. The van der Waals surface area contributed by atoms with Gasteiger partial charge in [-0.15, -0.1) is 0 Å². The number of carbonyl (C=O) groups excluding carboxylic acids is 2. The summed E-state index contributed by atoms with van der Waals surface area (Å²) in [7, 11) is 0. The Kier molecular flexibility index (Phi) is 4.57. The van der Waals surface area contributed by atoms with Crippen molar-refractivity contribution in [2.75, 3.05) is 37.7 Å². The number of benzene rings is 2. The van der Waals surface area contributed by atoms with Gasteiger partial charge < -0.3 is 0 Å². The first-order valence-corrected chi connectivity index (χ1v) is 9.07. The van der Waals surface area contributed by atoms with Crippen molar-refractivity contribution in [1.29, 1.82) is 0 Å². The average Bonchev–Trinajstić information content (AvgIpc) is 2.89. The Bertz CT molecular complexity index is 841. The summed E-state index contributed by atoms with van der Waals surface area (Å²) in [6.45, 7) is 7.28. The molecule has 2 aromatic carbocycles. The van der Waals surface area contributed by atoms with Crippen LogP contribution in [0.25, 0.3) is 0 Å². The Balaban J connectivity index is 1.36. The van der Waals surface area contributed by atoms with Gasteiger partial charge in [-0.25, -0.2) is 0 Å². The lowest BCUT2D eigenvalue weighted by Crippen LogP contribution is -2.50. The van der Waals surface area contributed by atoms with E-state index in [2.05, 4.69) is 41.0 Å². The number of fused-ring (bicyclic) bond motifs is 1. The number of carbonyl (C=O) groups is 2. The summed E-state index contributed by atoms with van der Waals surface area (Å²) in [6, 6.07) is 15.9. The van der Waals surface area contributed by atoms with Crippen LogP contribution in [0.15, 0.2) is 48.5 Å². The standard InChI is InChI=1S/C21H23N3O2/c1-16-5-4-6-17(13-16)14-22-9-11-23(12-10-22)15-24-19-8-3-2-7-18(19)20(25)21(24)26/h2-8,13H,9-12,14-15H2,1H3. The first-order chi connectivity index (χ1) is 12.6. The van der Waals surface area contributed by atoms with E-state index in [4.69, 9.17) is 0 Å². The smallest absolute Gasteiger partial charge is 0.297 e. The molecule has 134 valence electrons. The van der Waals surface area contributed by atoms with E-state index in [-0.39, 0.29) is 0 Å². The number of anilines is 1. The molecule has 0 aromatic heterocycles. The van der Waals surface area contributed by atoms with Crippen molar-refractivity contribution in [2.45, 2.75) is 13.5 Å². The van der Waals surface area contributed by atoms with Gasteiger partial charge in [-0.1, -0.05) is 42.0 Å². The van der Waals surface area contributed by atoms with Crippen LogP contribution >= 0.6 is 0 Å². The van der Waals surface area contributed by atoms with Gasteiger partial charge in [0, 0.05) is 32.7 Å². The van der Waals surface area contributed by atoms with Crippen LogP contribution in [0.4, 0.5) is 5.69 Å². The highest BCUT2D eigenvalue weighted by Crippen LogP contribution is 2.28. The lowest BCUT2D eigenvalue weighted by molar-refractivity contribution is -0.114. The van der Waals surface area contributed by atoms with Crippen molar-refractivity contribution < 1.29 is 9.59 Å². The van der Waals surface area contributed by atoms with Crippen molar-refractivity contribution >= 4 is 17.4 Å².